The highest BCUT2D eigenvalue weighted by Crippen LogP contribution is 2.19. The molecular formula is C14H23N3O3S. The molecule has 7 heteroatoms. The second-order valence-corrected chi connectivity index (χ2v) is 8.12. The van der Waals surface area contributed by atoms with Crippen molar-refractivity contribution in [2.75, 3.05) is 19.3 Å². The van der Waals surface area contributed by atoms with Crippen molar-refractivity contribution >= 4 is 21.6 Å². The van der Waals surface area contributed by atoms with Gasteiger partial charge >= 0.3 is 0 Å². The van der Waals surface area contributed by atoms with Crippen LogP contribution in [0.15, 0.2) is 23.1 Å². The number of amides is 1. The minimum atomic E-state index is -3.71. The number of aryl methyl sites for hydroxylation is 1. The number of nitrogens with one attached hydrogen (secondary N) is 1. The summed E-state index contributed by atoms with van der Waals surface area (Å²) in [6.45, 7) is 7.01. The lowest BCUT2D eigenvalue weighted by molar-refractivity contribution is -0.122. The van der Waals surface area contributed by atoms with E-state index >= 15 is 0 Å². The Kier molecular flexibility index (Phi) is 5.01. The van der Waals surface area contributed by atoms with E-state index in [1.807, 2.05) is 20.8 Å². The lowest BCUT2D eigenvalue weighted by Crippen LogP contribution is -2.46. The molecule has 0 saturated heterocycles. The molecular weight excluding hydrogens is 290 g/mol. The average molecular weight is 313 g/mol. The van der Waals surface area contributed by atoms with Gasteiger partial charge in [-0.1, -0.05) is 0 Å². The number of nitrogens with two attached hydrogens (primary N) is 1. The number of anilines is 1. The second-order valence-electron chi connectivity index (χ2n) is 6.08. The summed E-state index contributed by atoms with van der Waals surface area (Å²) in [5, 5.41) is 2.73. The minimum absolute atomic E-state index is 0.125. The van der Waals surface area contributed by atoms with Crippen molar-refractivity contribution < 1.29 is 13.2 Å². The summed E-state index contributed by atoms with van der Waals surface area (Å²) in [7, 11) is -2.33. The summed E-state index contributed by atoms with van der Waals surface area (Å²) in [5.41, 5.74) is 6.50. The SMILES string of the molecule is Cc1cc(S(=O)(=O)N(C)CC(=O)NC(C)(C)C)ccc1N. The third kappa shape index (κ3) is 4.71. The summed E-state index contributed by atoms with van der Waals surface area (Å²) in [4.78, 5) is 12.0. The Morgan fingerprint density at radius 3 is 2.38 bits per heavy atom. The van der Waals surface area contributed by atoms with Crippen LogP contribution in [0, 0.1) is 6.92 Å². The van der Waals surface area contributed by atoms with Crippen LogP contribution >= 0.6 is 0 Å². The molecule has 0 saturated carbocycles. The summed E-state index contributed by atoms with van der Waals surface area (Å²) in [5.74, 6) is -0.347. The standard InChI is InChI=1S/C14H23N3O3S/c1-10-8-11(6-7-12(10)15)21(19,20)17(5)9-13(18)16-14(2,3)4/h6-8H,9,15H2,1-5H3,(H,16,18). The van der Waals surface area contributed by atoms with E-state index in [1.54, 1.807) is 13.0 Å². The number of likely N-dealkylation sites (N-methyl/N-ethyl adjacent to an activating group) is 1. The number of hydrogen-bond acceptors (Lipinski definition) is 4. The van der Waals surface area contributed by atoms with Crippen LogP contribution in [0.3, 0.4) is 0 Å². The van der Waals surface area contributed by atoms with E-state index in [0.29, 0.717) is 11.3 Å². The quantitative estimate of drug-likeness (QED) is 0.815. The van der Waals surface area contributed by atoms with E-state index in [2.05, 4.69) is 5.32 Å². The van der Waals surface area contributed by atoms with Crippen LogP contribution in [0.4, 0.5) is 5.69 Å². The Balaban J connectivity index is 2.92. The Bertz CT molecular complexity index is 633. The van der Waals surface area contributed by atoms with Crippen molar-refractivity contribution in [2.24, 2.45) is 0 Å². The third-order valence-corrected chi connectivity index (χ3v) is 4.63. The van der Waals surface area contributed by atoms with E-state index in [1.165, 1.54) is 19.2 Å². The summed E-state index contributed by atoms with van der Waals surface area (Å²) >= 11 is 0. The van der Waals surface area contributed by atoms with Gasteiger partial charge in [0.2, 0.25) is 15.9 Å². The van der Waals surface area contributed by atoms with Crippen LogP contribution in [0.1, 0.15) is 26.3 Å². The van der Waals surface area contributed by atoms with Crippen molar-refractivity contribution in [3.63, 3.8) is 0 Å². The molecule has 0 aliphatic carbocycles. The zero-order valence-electron chi connectivity index (χ0n) is 13.1. The molecule has 1 aromatic carbocycles. The number of benzene rings is 1. The highest BCUT2D eigenvalue weighted by Gasteiger charge is 2.24. The fourth-order valence-electron chi connectivity index (χ4n) is 1.73. The molecule has 1 amide bonds. The number of nitrogen functional groups attached to an aromatic ring is 1. The van der Waals surface area contributed by atoms with Crippen LogP contribution in [0.2, 0.25) is 0 Å². The lowest BCUT2D eigenvalue weighted by atomic mass is 10.1. The van der Waals surface area contributed by atoms with Crippen molar-refractivity contribution in [3.8, 4) is 0 Å². The molecule has 0 heterocycles. The fraction of sp³-hybridized carbons (Fsp3) is 0.500. The normalized spacial score (nSPS) is 12.5. The van der Waals surface area contributed by atoms with Gasteiger partial charge in [-0.2, -0.15) is 4.31 Å². The third-order valence-electron chi connectivity index (χ3n) is 2.83. The first kappa shape index (κ1) is 17.5. The highest BCUT2D eigenvalue weighted by atomic mass is 32.2. The van der Waals surface area contributed by atoms with Crippen LogP contribution in [-0.4, -0.2) is 37.8 Å². The Morgan fingerprint density at radius 1 is 1.33 bits per heavy atom. The average Bonchev–Trinajstić information content (AvgIpc) is 2.29. The molecule has 0 radical (unpaired) electrons. The van der Waals surface area contributed by atoms with Gasteiger partial charge in [0.1, 0.15) is 0 Å². The largest absolute Gasteiger partial charge is 0.399 e. The predicted octanol–water partition coefficient (Wildman–Crippen LogP) is 1.11. The number of nitrogens with zero attached hydrogens (tertiary/aromatic N) is 1. The first-order valence-corrected chi connectivity index (χ1v) is 8.01. The Labute approximate surface area is 126 Å². The highest BCUT2D eigenvalue weighted by molar-refractivity contribution is 7.89. The maximum Gasteiger partial charge on any atom is 0.243 e. The molecule has 0 aromatic heterocycles. The van der Waals surface area contributed by atoms with Gasteiger partial charge in [0.15, 0.2) is 0 Å². The smallest absolute Gasteiger partial charge is 0.243 e. The van der Waals surface area contributed by atoms with Crippen molar-refractivity contribution in [2.45, 2.75) is 38.1 Å². The van der Waals surface area contributed by atoms with E-state index in [-0.39, 0.29) is 17.3 Å². The van der Waals surface area contributed by atoms with Gasteiger partial charge in [0.05, 0.1) is 11.4 Å². The molecule has 21 heavy (non-hydrogen) atoms. The van der Waals surface area contributed by atoms with Crippen molar-refractivity contribution in [3.05, 3.63) is 23.8 Å². The van der Waals surface area contributed by atoms with Crippen molar-refractivity contribution in [1.82, 2.24) is 9.62 Å². The molecule has 0 aliphatic rings. The van der Waals surface area contributed by atoms with Gasteiger partial charge in [-0.25, -0.2) is 8.42 Å². The molecule has 1 aromatic rings. The Morgan fingerprint density at radius 2 is 1.90 bits per heavy atom. The lowest BCUT2D eigenvalue weighted by Gasteiger charge is -2.23. The molecule has 0 aliphatic heterocycles. The van der Waals surface area contributed by atoms with Crippen LogP contribution < -0.4 is 11.1 Å². The minimum Gasteiger partial charge on any atom is -0.399 e. The summed E-state index contributed by atoms with van der Waals surface area (Å²) in [6.07, 6.45) is 0. The molecule has 118 valence electrons. The number of rotatable bonds is 4. The first-order valence-electron chi connectivity index (χ1n) is 6.57. The monoisotopic (exact) mass is 313 g/mol. The molecule has 0 spiro atoms. The topological polar surface area (TPSA) is 92.5 Å². The van der Waals surface area contributed by atoms with E-state index in [4.69, 9.17) is 5.73 Å². The maximum absolute atomic E-state index is 12.4. The number of carbonyl (C=O) groups is 1. The number of hydrogen-bond donors (Lipinski definition) is 2. The molecule has 0 bridgehead atoms. The molecule has 0 fully saturated rings. The number of sulfonamides is 1. The zero-order chi connectivity index (χ0) is 16.4. The molecule has 3 N–H and O–H groups in total. The summed E-state index contributed by atoms with van der Waals surface area (Å²) < 4.78 is 25.8. The molecule has 6 nitrogen and oxygen atoms in total. The van der Waals surface area contributed by atoms with Gasteiger partial charge in [-0.15, -0.1) is 0 Å². The molecule has 0 unspecified atom stereocenters. The number of carbonyl (C=O) groups excluding carboxylic acids is 1. The van der Waals surface area contributed by atoms with Crippen LogP contribution in [0.25, 0.3) is 0 Å². The fourth-order valence-corrected chi connectivity index (χ4v) is 2.95. The first-order chi connectivity index (χ1) is 9.43. The predicted molar refractivity (Wildman–Crippen MR) is 83.3 cm³/mol. The van der Waals surface area contributed by atoms with Gasteiger partial charge < -0.3 is 11.1 Å². The van der Waals surface area contributed by atoms with Gasteiger partial charge in [0, 0.05) is 18.3 Å². The van der Waals surface area contributed by atoms with Gasteiger partial charge in [-0.3, -0.25) is 4.79 Å². The van der Waals surface area contributed by atoms with Crippen LogP contribution in [0.5, 0.6) is 0 Å². The van der Waals surface area contributed by atoms with E-state index in [9.17, 15) is 13.2 Å². The van der Waals surface area contributed by atoms with Crippen LogP contribution in [-0.2, 0) is 14.8 Å². The van der Waals surface area contributed by atoms with E-state index < -0.39 is 15.6 Å². The van der Waals surface area contributed by atoms with Crippen molar-refractivity contribution in [1.29, 1.82) is 0 Å². The summed E-state index contributed by atoms with van der Waals surface area (Å²) in [6, 6.07) is 4.49. The van der Waals surface area contributed by atoms with E-state index in [0.717, 1.165) is 4.31 Å². The second kappa shape index (κ2) is 6.03. The van der Waals surface area contributed by atoms with Gasteiger partial charge in [0.25, 0.3) is 0 Å². The Hall–Kier alpha value is -1.60. The zero-order valence-corrected chi connectivity index (χ0v) is 13.9. The van der Waals surface area contributed by atoms with Gasteiger partial charge in [-0.05, 0) is 51.5 Å². The maximum atomic E-state index is 12.4. The molecule has 0 atom stereocenters. The molecule has 1 rings (SSSR count).